The SMILES string of the molecule is CCOC(=O)NC1CCCN(C(=O)CCNS(=O)(=O)c2ccc(OC(F)(F)F)cc2)C1. The third-order valence-electron chi connectivity index (χ3n) is 4.37. The lowest BCUT2D eigenvalue weighted by atomic mass is 10.1. The van der Waals surface area contributed by atoms with Crippen LogP contribution in [0.3, 0.4) is 0 Å². The molecule has 1 aliphatic heterocycles. The quantitative estimate of drug-likeness (QED) is 0.605. The van der Waals surface area contributed by atoms with Crippen LogP contribution < -0.4 is 14.8 Å². The van der Waals surface area contributed by atoms with Crippen molar-refractivity contribution in [3.05, 3.63) is 24.3 Å². The Morgan fingerprint density at radius 2 is 1.90 bits per heavy atom. The summed E-state index contributed by atoms with van der Waals surface area (Å²) in [6, 6.07) is 3.48. The minimum Gasteiger partial charge on any atom is -0.450 e. The molecule has 2 N–H and O–H groups in total. The van der Waals surface area contributed by atoms with Gasteiger partial charge in [0.05, 0.1) is 11.5 Å². The number of nitrogens with zero attached hydrogens (tertiary/aromatic N) is 1. The number of amides is 2. The molecule has 0 aromatic heterocycles. The van der Waals surface area contributed by atoms with E-state index in [0.717, 1.165) is 24.3 Å². The molecule has 1 aromatic rings. The molecule has 1 unspecified atom stereocenters. The monoisotopic (exact) mass is 467 g/mol. The van der Waals surface area contributed by atoms with E-state index in [1.165, 1.54) is 4.90 Å². The van der Waals surface area contributed by atoms with Crippen LogP contribution >= 0.6 is 0 Å². The summed E-state index contributed by atoms with van der Waals surface area (Å²) in [7, 11) is -4.01. The molecule has 1 atom stereocenters. The van der Waals surface area contributed by atoms with Crippen molar-refractivity contribution >= 4 is 22.0 Å². The highest BCUT2D eigenvalue weighted by atomic mass is 32.2. The molecule has 1 saturated heterocycles. The van der Waals surface area contributed by atoms with Gasteiger partial charge in [0.15, 0.2) is 0 Å². The molecule has 1 aromatic carbocycles. The van der Waals surface area contributed by atoms with Crippen molar-refractivity contribution in [2.75, 3.05) is 26.2 Å². The van der Waals surface area contributed by atoms with Gasteiger partial charge in [-0.05, 0) is 44.0 Å². The van der Waals surface area contributed by atoms with Gasteiger partial charge in [-0.25, -0.2) is 17.9 Å². The minimum atomic E-state index is -4.88. The van der Waals surface area contributed by atoms with Crippen molar-refractivity contribution in [1.29, 1.82) is 0 Å². The van der Waals surface area contributed by atoms with Crippen molar-refractivity contribution in [3.63, 3.8) is 0 Å². The number of hydrogen-bond donors (Lipinski definition) is 2. The Kier molecular flexibility index (Phi) is 8.51. The number of hydrogen-bond acceptors (Lipinski definition) is 6. The molecule has 0 aliphatic carbocycles. The predicted octanol–water partition coefficient (Wildman–Crippen LogP) is 1.99. The van der Waals surface area contributed by atoms with E-state index in [1.807, 2.05) is 0 Å². The lowest BCUT2D eigenvalue weighted by molar-refractivity contribution is -0.274. The van der Waals surface area contributed by atoms with Crippen LogP contribution in [0.5, 0.6) is 5.75 Å². The summed E-state index contributed by atoms with van der Waals surface area (Å²) >= 11 is 0. The molecule has 0 saturated carbocycles. The van der Waals surface area contributed by atoms with Crippen LogP contribution in [0.25, 0.3) is 0 Å². The molecule has 1 heterocycles. The van der Waals surface area contributed by atoms with Crippen molar-refractivity contribution in [2.24, 2.45) is 0 Å². The molecule has 13 heteroatoms. The topological polar surface area (TPSA) is 114 Å². The highest BCUT2D eigenvalue weighted by molar-refractivity contribution is 7.89. The van der Waals surface area contributed by atoms with Crippen molar-refractivity contribution < 1.29 is 40.7 Å². The second-order valence-electron chi connectivity index (χ2n) is 6.71. The number of alkyl halides is 3. The standard InChI is InChI=1S/C18H24F3N3O6S/c1-2-29-17(26)23-13-4-3-11-24(12-13)16(25)9-10-22-31(27,28)15-7-5-14(6-8-15)30-18(19,20)21/h5-8,13,22H,2-4,9-12H2,1H3,(H,23,26). The minimum absolute atomic E-state index is 0.110. The van der Waals surface area contributed by atoms with Gasteiger partial charge in [-0.15, -0.1) is 13.2 Å². The number of carbonyl (C=O) groups excluding carboxylic acids is 2. The van der Waals surface area contributed by atoms with Gasteiger partial charge < -0.3 is 19.7 Å². The Hall–Kier alpha value is -2.54. The Morgan fingerprint density at radius 3 is 2.52 bits per heavy atom. The number of ether oxygens (including phenoxy) is 2. The van der Waals surface area contributed by atoms with Crippen LogP contribution in [-0.2, 0) is 19.6 Å². The molecule has 2 amide bonds. The molecule has 1 fully saturated rings. The number of alkyl carbamates (subject to hydrolysis) is 1. The van der Waals surface area contributed by atoms with Crippen LogP contribution in [-0.4, -0.2) is 64.0 Å². The summed E-state index contributed by atoms with van der Waals surface area (Å²) in [5.74, 6) is -0.829. The molecule has 0 bridgehead atoms. The first kappa shape index (κ1) is 24.7. The number of likely N-dealkylation sites (tertiary alicyclic amines) is 1. The number of rotatable bonds is 8. The van der Waals surface area contributed by atoms with Crippen LogP contribution in [0, 0.1) is 0 Å². The fourth-order valence-electron chi connectivity index (χ4n) is 3.02. The number of carbonyl (C=O) groups is 2. The van der Waals surface area contributed by atoms with Gasteiger partial charge in [0.1, 0.15) is 5.75 Å². The third-order valence-corrected chi connectivity index (χ3v) is 5.85. The summed E-state index contributed by atoms with van der Waals surface area (Å²) in [6.45, 7) is 2.52. The van der Waals surface area contributed by atoms with Crippen LogP contribution in [0.4, 0.5) is 18.0 Å². The smallest absolute Gasteiger partial charge is 0.450 e. The average Bonchev–Trinajstić information content (AvgIpc) is 2.67. The van der Waals surface area contributed by atoms with Gasteiger partial charge in [-0.3, -0.25) is 4.79 Å². The molecule has 1 aliphatic rings. The van der Waals surface area contributed by atoms with Gasteiger partial charge in [-0.2, -0.15) is 0 Å². The fraction of sp³-hybridized carbons (Fsp3) is 0.556. The van der Waals surface area contributed by atoms with E-state index >= 15 is 0 Å². The van der Waals surface area contributed by atoms with E-state index < -0.39 is 28.2 Å². The van der Waals surface area contributed by atoms with E-state index in [0.29, 0.717) is 25.9 Å². The van der Waals surface area contributed by atoms with Crippen LogP contribution in [0.2, 0.25) is 0 Å². The molecule has 2 rings (SSSR count). The molecular formula is C18H24F3N3O6S. The summed E-state index contributed by atoms with van der Waals surface area (Å²) in [6.07, 6.45) is -4.16. The van der Waals surface area contributed by atoms with Crippen LogP contribution in [0.15, 0.2) is 29.2 Å². The van der Waals surface area contributed by atoms with E-state index in [1.54, 1.807) is 6.92 Å². The average molecular weight is 467 g/mol. The van der Waals surface area contributed by atoms with Gasteiger partial charge in [-0.1, -0.05) is 0 Å². The Balaban J connectivity index is 1.83. The highest BCUT2D eigenvalue weighted by Gasteiger charge is 2.31. The second kappa shape index (κ2) is 10.7. The summed E-state index contributed by atoms with van der Waals surface area (Å²) in [5.41, 5.74) is 0. The van der Waals surface area contributed by atoms with Crippen LogP contribution in [0.1, 0.15) is 26.2 Å². The molecule has 0 radical (unpaired) electrons. The predicted molar refractivity (Wildman–Crippen MR) is 103 cm³/mol. The molecule has 9 nitrogen and oxygen atoms in total. The highest BCUT2D eigenvalue weighted by Crippen LogP contribution is 2.23. The third kappa shape index (κ3) is 8.25. The lowest BCUT2D eigenvalue weighted by Gasteiger charge is -2.33. The summed E-state index contributed by atoms with van der Waals surface area (Å²) in [5, 5.41) is 2.68. The Bertz CT molecular complexity index is 861. The largest absolute Gasteiger partial charge is 0.573 e. The van der Waals surface area contributed by atoms with Gasteiger partial charge >= 0.3 is 12.5 Å². The van der Waals surface area contributed by atoms with E-state index in [2.05, 4.69) is 14.8 Å². The molecule has 31 heavy (non-hydrogen) atoms. The van der Waals surface area contributed by atoms with E-state index in [4.69, 9.17) is 4.74 Å². The van der Waals surface area contributed by atoms with E-state index in [9.17, 15) is 31.2 Å². The number of nitrogens with one attached hydrogen (secondary N) is 2. The first-order valence-electron chi connectivity index (χ1n) is 9.56. The second-order valence-corrected chi connectivity index (χ2v) is 8.48. The molecular weight excluding hydrogens is 443 g/mol. The maximum absolute atomic E-state index is 12.4. The fourth-order valence-corrected chi connectivity index (χ4v) is 4.05. The van der Waals surface area contributed by atoms with Crippen molar-refractivity contribution in [1.82, 2.24) is 14.9 Å². The maximum Gasteiger partial charge on any atom is 0.573 e. The maximum atomic E-state index is 12.4. The number of halogens is 3. The molecule has 174 valence electrons. The number of piperidine rings is 1. The van der Waals surface area contributed by atoms with Gasteiger partial charge in [0, 0.05) is 32.1 Å². The summed E-state index contributed by atoms with van der Waals surface area (Å²) < 4.78 is 71.8. The Labute approximate surface area is 177 Å². The normalized spacial score (nSPS) is 17.2. The number of benzene rings is 1. The first-order valence-corrected chi connectivity index (χ1v) is 11.0. The Morgan fingerprint density at radius 1 is 1.23 bits per heavy atom. The van der Waals surface area contributed by atoms with Gasteiger partial charge in [0.25, 0.3) is 0 Å². The number of sulfonamides is 1. The lowest BCUT2D eigenvalue weighted by Crippen LogP contribution is -2.50. The van der Waals surface area contributed by atoms with Gasteiger partial charge in [0.2, 0.25) is 15.9 Å². The van der Waals surface area contributed by atoms with Crippen molar-refractivity contribution in [3.8, 4) is 5.75 Å². The zero-order valence-corrected chi connectivity index (χ0v) is 17.6. The van der Waals surface area contributed by atoms with E-state index in [-0.39, 0.29) is 36.4 Å². The zero-order valence-electron chi connectivity index (χ0n) is 16.8. The molecule has 0 spiro atoms. The van der Waals surface area contributed by atoms with Crippen molar-refractivity contribution in [2.45, 2.75) is 43.5 Å². The zero-order chi connectivity index (χ0) is 23.1. The first-order chi connectivity index (χ1) is 14.5. The summed E-state index contributed by atoms with van der Waals surface area (Å²) in [4.78, 5) is 25.2.